The van der Waals surface area contributed by atoms with Crippen molar-refractivity contribution >= 4 is 12.0 Å². The Kier molecular flexibility index (Phi) is 5.80. The lowest BCUT2D eigenvalue weighted by molar-refractivity contribution is -0.128. The maximum absolute atomic E-state index is 12.1. The summed E-state index contributed by atoms with van der Waals surface area (Å²) in [6.45, 7) is 1.55. The van der Waals surface area contributed by atoms with Crippen LogP contribution in [0.15, 0.2) is 54.7 Å². The third-order valence-electron chi connectivity index (χ3n) is 4.12. The van der Waals surface area contributed by atoms with Crippen molar-refractivity contribution in [3.05, 3.63) is 66.0 Å². The molecular formula is C20H22N2O3. The number of pyridine rings is 1. The van der Waals surface area contributed by atoms with Crippen molar-refractivity contribution in [2.24, 2.45) is 0 Å². The number of carbonyl (C=O) groups excluding carboxylic acids is 1. The number of β-amino-alcohol motifs (C(OH)–C–C–N with tert-alkyl or cyclic N) is 1. The standard InChI is InChI=1S/C20H22N2O3/c23-18-5-3-13-22(14-18)20(24)11-8-16-6-9-19(10-7-16)25-15-17-4-1-2-12-21-17/h1-2,4,6-12,18,23H,3,5,13-15H2/b11-8+. The predicted molar refractivity (Wildman–Crippen MR) is 95.9 cm³/mol. The molecule has 1 aromatic heterocycles. The Hall–Kier alpha value is -2.66. The molecule has 5 heteroatoms. The summed E-state index contributed by atoms with van der Waals surface area (Å²) in [6, 6.07) is 13.3. The van der Waals surface area contributed by atoms with Crippen LogP contribution in [0.1, 0.15) is 24.1 Å². The molecule has 1 aromatic carbocycles. The number of benzene rings is 1. The SMILES string of the molecule is O=C(/C=C/c1ccc(OCc2ccccn2)cc1)N1CCCC(O)C1. The Balaban J connectivity index is 1.52. The van der Waals surface area contributed by atoms with Gasteiger partial charge in [-0.15, -0.1) is 0 Å². The first-order valence-electron chi connectivity index (χ1n) is 8.48. The third kappa shape index (κ3) is 5.16. The van der Waals surface area contributed by atoms with Gasteiger partial charge in [0.2, 0.25) is 5.91 Å². The molecule has 5 nitrogen and oxygen atoms in total. The number of hydrogen-bond donors (Lipinski definition) is 1. The zero-order chi connectivity index (χ0) is 17.5. The van der Waals surface area contributed by atoms with Gasteiger partial charge in [0.05, 0.1) is 11.8 Å². The second-order valence-corrected chi connectivity index (χ2v) is 6.09. The van der Waals surface area contributed by atoms with Crippen LogP contribution in [-0.4, -0.2) is 40.1 Å². The van der Waals surface area contributed by atoms with E-state index in [9.17, 15) is 9.90 Å². The number of ether oxygens (including phenoxy) is 1. The number of hydrogen-bond acceptors (Lipinski definition) is 4. The first-order valence-corrected chi connectivity index (χ1v) is 8.48. The number of piperidine rings is 1. The van der Waals surface area contributed by atoms with E-state index in [4.69, 9.17) is 4.74 Å². The molecule has 2 heterocycles. The van der Waals surface area contributed by atoms with E-state index in [-0.39, 0.29) is 5.91 Å². The number of aliphatic hydroxyl groups is 1. The smallest absolute Gasteiger partial charge is 0.246 e. The van der Waals surface area contributed by atoms with E-state index >= 15 is 0 Å². The van der Waals surface area contributed by atoms with Gasteiger partial charge in [0, 0.05) is 25.4 Å². The van der Waals surface area contributed by atoms with Crippen molar-refractivity contribution in [3.63, 3.8) is 0 Å². The van der Waals surface area contributed by atoms with Gasteiger partial charge in [0.15, 0.2) is 0 Å². The molecule has 1 aliphatic heterocycles. The maximum Gasteiger partial charge on any atom is 0.246 e. The third-order valence-corrected chi connectivity index (χ3v) is 4.12. The molecule has 1 atom stereocenters. The summed E-state index contributed by atoms with van der Waals surface area (Å²) in [5.41, 5.74) is 1.80. The number of amides is 1. The lowest BCUT2D eigenvalue weighted by Crippen LogP contribution is -2.41. The van der Waals surface area contributed by atoms with E-state index in [1.165, 1.54) is 0 Å². The van der Waals surface area contributed by atoms with Crippen LogP contribution in [0.2, 0.25) is 0 Å². The lowest BCUT2D eigenvalue weighted by Gasteiger charge is -2.29. The molecule has 130 valence electrons. The zero-order valence-corrected chi connectivity index (χ0v) is 14.0. The normalized spacial score (nSPS) is 17.6. The summed E-state index contributed by atoms with van der Waals surface area (Å²) < 4.78 is 5.69. The second kappa shape index (κ2) is 8.44. The number of likely N-dealkylation sites (tertiary alicyclic amines) is 1. The minimum atomic E-state index is -0.401. The molecule has 0 aliphatic carbocycles. The summed E-state index contributed by atoms with van der Waals surface area (Å²) in [5, 5.41) is 9.64. The Morgan fingerprint density at radius 2 is 2.12 bits per heavy atom. The highest BCUT2D eigenvalue weighted by atomic mass is 16.5. The van der Waals surface area contributed by atoms with Crippen molar-refractivity contribution in [2.45, 2.75) is 25.6 Å². The molecule has 1 aliphatic rings. The molecule has 1 N–H and O–H groups in total. The van der Waals surface area contributed by atoms with Crippen molar-refractivity contribution in [2.75, 3.05) is 13.1 Å². The van der Waals surface area contributed by atoms with Gasteiger partial charge in [-0.1, -0.05) is 18.2 Å². The van der Waals surface area contributed by atoms with E-state index in [0.29, 0.717) is 19.7 Å². The van der Waals surface area contributed by atoms with Crippen LogP contribution >= 0.6 is 0 Å². The molecule has 25 heavy (non-hydrogen) atoms. The quantitative estimate of drug-likeness (QED) is 0.852. The molecule has 0 saturated carbocycles. The molecule has 0 spiro atoms. The summed E-state index contributed by atoms with van der Waals surface area (Å²) in [4.78, 5) is 18.0. The Morgan fingerprint density at radius 3 is 2.84 bits per heavy atom. The number of nitrogens with zero attached hydrogens (tertiary/aromatic N) is 2. The van der Waals surface area contributed by atoms with Crippen molar-refractivity contribution < 1.29 is 14.6 Å². The van der Waals surface area contributed by atoms with Crippen LogP contribution in [0.4, 0.5) is 0 Å². The monoisotopic (exact) mass is 338 g/mol. The van der Waals surface area contributed by atoms with Gasteiger partial charge in [-0.05, 0) is 48.7 Å². The van der Waals surface area contributed by atoms with Crippen LogP contribution in [0.3, 0.4) is 0 Å². The first-order chi connectivity index (χ1) is 12.2. The lowest BCUT2D eigenvalue weighted by atomic mass is 10.1. The maximum atomic E-state index is 12.1. The summed E-state index contributed by atoms with van der Waals surface area (Å²) >= 11 is 0. The Bertz CT molecular complexity index is 713. The molecule has 3 rings (SSSR count). The zero-order valence-electron chi connectivity index (χ0n) is 14.0. The van der Waals surface area contributed by atoms with E-state index < -0.39 is 6.10 Å². The molecular weight excluding hydrogens is 316 g/mol. The minimum absolute atomic E-state index is 0.0609. The highest BCUT2D eigenvalue weighted by Gasteiger charge is 2.20. The van der Waals surface area contributed by atoms with Crippen molar-refractivity contribution in [3.8, 4) is 5.75 Å². The number of aliphatic hydroxyl groups excluding tert-OH is 1. The molecule has 1 amide bonds. The highest BCUT2D eigenvalue weighted by Crippen LogP contribution is 2.15. The summed E-state index contributed by atoms with van der Waals surface area (Å²) in [7, 11) is 0. The highest BCUT2D eigenvalue weighted by molar-refractivity contribution is 5.91. The van der Waals surface area contributed by atoms with Gasteiger partial charge in [0.25, 0.3) is 0 Å². The average molecular weight is 338 g/mol. The van der Waals surface area contributed by atoms with Crippen LogP contribution < -0.4 is 4.74 Å². The molecule has 0 bridgehead atoms. The van der Waals surface area contributed by atoms with Gasteiger partial charge < -0.3 is 14.7 Å². The molecule has 2 aromatic rings. The molecule has 1 fully saturated rings. The van der Waals surface area contributed by atoms with E-state index in [0.717, 1.165) is 29.8 Å². The fraction of sp³-hybridized carbons (Fsp3) is 0.300. The summed E-state index contributed by atoms with van der Waals surface area (Å²) in [5.74, 6) is 0.697. The van der Waals surface area contributed by atoms with Gasteiger partial charge in [-0.2, -0.15) is 0 Å². The van der Waals surface area contributed by atoms with Gasteiger partial charge >= 0.3 is 0 Å². The van der Waals surface area contributed by atoms with Crippen LogP contribution in [-0.2, 0) is 11.4 Å². The molecule has 0 radical (unpaired) electrons. The summed E-state index contributed by atoms with van der Waals surface area (Å²) in [6.07, 6.45) is 6.30. The van der Waals surface area contributed by atoms with E-state index in [1.54, 1.807) is 23.2 Å². The fourth-order valence-electron chi connectivity index (χ4n) is 2.74. The van der Waals surface area contributed by atoms with Crippen molar-refractivity contribution in [1.29, 1.82) is 0 Å². The van der Waals surface area contributed by atoms with Gasteiger partial charge in [-0.3, -0.25) is 9.78 Å². The van der Waals surface area contributed by atoms with Gasteiger partial charge in [0.1, 0.15) is 12.4 Å². The van der Waals surface area contributed by atoms with Crippen molar-refractivity contribution in [1.82, 2.24) is 9.88 Å². The first kappa shape index (κ1) is 17.2. The Labute approximate surface area is 147 Å². The largest absolute Gasteiger partial charge is 0.487 e. The van der Waals surface area contributed by atoms with Crippen LogP contribution in [0.5, 0.6) is 5.75 Å². The minimum Gasteiger partial charge on any atom is -0.487 e. The van der Waals surface area contributed by atoms with Crippen LogP contribution in [0.25, 0.3) is 6.08 Å². The number of carbonyl (C=O) groups is 1. The van der Waals surface area contributed by atoms with Crippen LogP contribution in [0, 0.1) is 0 Å². The second-order valence-electron chi connectivity index (χ2n) is 6.09. The molecule has 1 unspecified atom stereocenters. The van der Waals surface area contributed by atoms with Gasteiger partial charge in [-0.25, -0.2) is 0 Å². The van der Waals surface area contributed by atoms with E-state index in [1.807, 2.05) is 42.5 Å². The topological polar surface area (TPSA) is 62.7 Å². The molecule has 1 saturated heterocycles. The number of rotatable bonds is 5. The fourth-order valence-corrected chi connectivity index (χ4v) is 2.74. The Morgan fingerprint density at radius 1 is 1.28 bits per heavy atom. The number of aromatic nitrogens is 1. The predicted octanol–water partition coefficient (Wildman–Crippen LogP) is 2.66. The average Bonchev–Trinajstić information content (AvgIpc) is 2.66. The van der Waals surface area contributed by atoms with E-state index in [2.05, 4.69) is 4.98 Å².